The van der Waals surface area contributed by atoms with E-state index in [1.807, 2.05) is 35.8 Å². The second-order valence-electron chi connectivity index (χ2n) is 7.31. The monoisotopic (exact) mass is 495 g/mol. The highest BCUT2D eigenvalue weighted by atomic mass is 35.5. The van der Waals surface area contributed by atoms with Crippen LogP contribution in [0, 0.1) is 0 Å². The number of esters is 1. The van der Waals surface area contributed by atoms with Gasteiger partial charge in [-0.2, -0.15) is 0 Å². The maximum atomic E-state index is 12.4. The van der Waals surface area contributed by atoms with Crippen molar-refractivity contribution in [3.05, 3.63) is 53.3 Å². The number of sulfonamides is 1. The Bertz CT molecular complexity index is 1210. The van der Waals surface area contributed by atoms with Gasteiger partial charge in [0.15, 0.2) is 0 Å². The normalized spacial score (nSPS) is 11.9. The number of thioether (sulfide) groups is 1. The van der Waals surface area contributed by atoms with E-state index in [-0.39, 0.29) is 23.9 Å². The lowest BCUT2D eigenvalue weighted by Gasteiger charge is -2.11. The average Bonchev–Trinajstić information content (AvgIpc) is 3.10. The van der Waals surface area contributed by atoms with Crippen molar-refractivity contribution in [2.45, 2.75) is 42.7 Å². The first-order valence-corrected chi connectivity index (χ1v) is 13.0. The summed E-state index contributed by atoms with van der Waals surface area (Å²) < 4.78 is 33.5. The molecule has 1 heterocycles. The largest absolute Gasteiger partial charge is 0.457 e. The standard InChI is InChI=1S/C22H26ClN3O4S2/c1-4-12-26-19-10-9-16(32(28,29)25(2)3)14-18(19)24-21(26)15-30-22(27)11-13-31-20-8-6-5-7-17(20)23/h5-10,14H,4,11-13,15H2,1-3H3. The van der Waals surface area contributed by atoms with Crippen LogP contribution in [0.1, 0.15) is 25.6 Å². The van der Waals surface area contributed by atoms with E-state index in [0.717, 1.165) is 16.8 Å². The van der Waals surface area contributed by atoms with Gasteiger partial charge >= 0.3 is 5.97 Å². The predicted molar refractivity (Wildman–Crippen MR) is 127 cm³/mol. The molecule has 0 atom stereocenters. The molecule has 2 aromatic carbocycles. The number of imidazole rings is 1. The first-order chi connectivity index (χ1) is 15.2. The van der Waals surface area contributed by atoms with E-state index in [2.05, 4.69) is 4.98 Å². The maximum absolute atomic E-state index is 12.4. The number of aryl methyl sites for hydroxylation is 1. The zero-order valence-corrected chi connectivity index (χ0v) is 20.6. The van der Waals surface area contributed by atoms with Crippen molar-refractivity contribution >= 4 is 50.4 Å². The van der Waals surface area contributed by atoms with Crippen molar-refractivity contribution in [1.29, 1.82) is 0 Å². The minimum atomic E-state index is -3.56. The van der Waals surface area contributed by atoms with Gasteiger partial charge in [-0.3, -0.25) is 4.79 Å². The molecule has 0 aliphatic rings. The molecule has 0 N–H and O–H groups in total. The third-order valence-corrected chi connectivity index (χ3v) is 8.12. The fourth-order valence-electron chi connectivity index (χ4n) is 3.14. The molecular formula is C22H26ClN3O4S2. The Balaban J connectivity index is 1.69. The van der Waals surface area contributed by atoms with Crippen molar-refractivity contribution in [3.63, 3.8) is 0 Å². The van der Waals surface area contributed by atoms with Crippen molar-refractivity contribution in [1.82, 2.24) is 13.9 Å². The van der Waals surface area contributed by atoms with Crippen LogP contribution in [-0.2, 0) is 32.7 Å². The number of aromatic nitrogens is 2. The van der Waals surface area contributed by atoms with Crippen molar-refractivity contribution < 1.29 is 17.9 Å². The number of halogens is 1. The summed E-state index contributed by atoms with van der Waals surface area (Å²) in [6.45, 7) is 2.75. The molecule has 3 aromatic rings. The third kappa shape index (κ3) is 5.64. The molecule has 0 spiro atoms. The van der Waals surface area contributed by atoms with E-state index in [0.29, 0.717) is 28.7 Å². The number of nitrogens with zero attached hydrogens (tertiary/aromatic N) is 3. The van der Waals surface area contributed by atoms with E-state index in [1.165, 1.54) is 30.2 Å². The topological polar surface area (TPSA) is 81.5 Å². The number of hydrogen-bond donors (Lipinski definition) is 0. The molecule has 7 nitrogen and oxygen atoms in total. The zero-order valence-electron chi connectivity index (χ0n) is 18.2. The van der Waals surface area contributed by atoms with Crippen LogP contribution in [0.3, 0.4) is 0 Å². The Labute approximate surface area is 197 Å². The van der Waals surface area contributed by atoms with E-state index in [1.54, 1.807) is 18.2 Å². The van der Waals surface area contributed by atoms with E-state index in [4.69, 9.17) is 16.3 Å². The van der Waals surface area contributed by atoms with Crippen LogP contribution in [0.15, 0.2) is 52.3 Å². The molecule has 172 valence electrons. The van der Waals surface area contributed by atoms with Crippen molar-refractivity contribution in [2.24, 2.45) is 0 Å². The summed E-state index contributed by atoms with van der Waals surface area (Å²) >= 11 is 7.64. The molecule has 1 aromatic heterocycles. The predicted octanol–water partition coefficient (Wildman–Crippen LogP) is 4.58. The van der Waals surface area contributed by atoms with Gasteiger partial charge in [0.05, 0.1) is 27.4 Å². The number of carbonyl (C=O) groups excluding carboxylic acids is 1. The first-order valence-electron chi connectivity index (χ1n) is 10.2. The van der Waals surface area contributed by atoms with Gasteiger partial charge in [-0.15, -0.1) is 11.8 Å². The summed E-state index contributed by atoms with van der Waals surface area (Å²) in [5.41, 5.74) is 1.37. The highest BCUT2D eigenvalue weighted by Gasteiger charge is 2.20. The van der Waals surface area contributed by atoms with Gasteiger partial charge in [0.25, 0.3) is 0 Å². The smallest absolute Gasteiger partial charge is 0.307 e. The fourth-order valence-corrected chi connectivity index (χ4v) is 5.23. The maximum Gasteiger partial charge on any atom is 0.307 e. The van der Waals surface area contributed by atoms with E-state index in [9.17, 15) is 13.2 Å². The summed E-state index contributed by atoms with van der Waals surface area (Å²) in [4.78, 5) is 17.9. The van der Waals surface area contributed by atoms with Gasteiger partial charge in [-0.25, -0.2) is 17.7 Å². The summed E-state index contributed by atoms with van der Waals surface area (Å²) in [6.07, 6.45) is 1.10. The van der Waals surface area contributed by atoms with Crippen LogP contribution < -0.4 is 0 Å². The van der Waals surface area contributed by atoms with Gasteiger partial charge in [0.2, 0.25) is 10.0 Å². The highest BCUT2D eigenvalue weighted by Crippen LogP contribution is 2.27. The minimum Gasteiger partial charge on any atom is -0.457 e. The van der Waals surface area contributed by atoms with Crippen LogP contribution in [0.5, 0.6) is 0 Å². The Morgan fingerprint density at radius 2 is 1.97 bits per heavy atom. The molecule has 0 amide bonds. The molecule has 0 fully saturated rings. The van der Waals surface area contributed by atoms with Gasteiger partial charge in [0.1, 0.15) is 12.4 Å². The Hall–Kier alpha value is -2.07. The zero-order chi connectivity index (χ0) is 23.3. The molecule has 0 unspecified atom stereocenters. The number of rotatable bonds is 10. The van der Waals surface area contributed by atoms with Crippen LogP contribution in [0.25, 0.3) is 11.0 Å². The number of benzene rings is 2. The Kier molecular flexibility index (Phi) is 8.21. The van der Waals surface area contributed by atoms with Gasteiger partial charge < -0.3 is 9.30 Å². The SMILES string of the molecule is CCCn1c(COC(=O)CCSc2ccccc2Cl)nc2cc(S(=O)(=O)N(C)C)ccc21. The van der Waals surface area contributed by atoms with Gasteiger partial charge in [-0.05, 0) is 36.8 Å². The molecule has 0 radical (unpaired) electrons. The fraction of sp³-hybridized carbons (Fsp3) is 0.364. The molecule has 0 saturated heterocycles. The Morgan fingerprint density at radius 1 is 1.22 bits per heavy atom. The Morgan fingerprint density at radius 3 is 2.66 bits per heavy atom. The van der Waals surface area contributed by atoms with Gasteiger partial charge in [-0.1, -0.05) is 30.7 Å². The van der Waals surface area contributed by atoms with Crippen LogP contribution in [-0.4, -0.2) is 48.1 Å². The van der Waals surface area contributed by atoms with Crippen LogP contribution in [0.2, 0.25) is 5.02 Å². The lowest BCUT2D eigenvalue weighted by atomic mass is 10.3. The molecular weight excluding hydrogens is 470 g/mol. The first kappa shape index (κ1) is 24.6. The van der Waals surface area contributed by atoms with Crippen molar-refractivity contribution in [2.75, 3.05) is 19.8 Å². The molecule has 10 heteroatoms. The van der Waals surface area contributed by atoms with Crippen LogP contribution >= 0.6 is 23.4 Å². The molecule has 0 aliphatic carbocycles. The summed E-state index contributed by atoms with van der Waals surface area (Å²) in [5, 5.41) is 0.662. The average molecular weight is 496 g/mol. The quantitative estimate of drug-likeness (QED) is 0.302. The summed E-state index contributed by atoms with van der Waals surface area (Å²) in [7, 11) is -0.579. The molecule has 0 saturated carbocycles. The summed E-state index contributed by atoms with van der Waals surface area (Å²) in [6, 6.07) is 12.4. The molecule has 0 bridgehead atoms. The van der Waals surface area contributed by atoms with Crippen LogP contribution in [0.4, 0.5) is 0 Å². The number of fused-ring (bicyclic) bond motifs is 1. The lowest BCUT2D eigenvalue weighted by molar-refractivity contribution is -0.144. The van der Waals surface area contributed by atoms with E-state index >= 15 is 0 Å². The number of carbonyl (C=O) groups is 1. The molecule has 3 rings (SSSR count). The lowest BCUT2D eigenvalue weighted by Crippen LogP contribution is -2.22. The number of ether oxygens (including phenoxy) is 1. The molecule has 0 aliphatic heterocycles. The summed E-state index contributed by atoms with van der Waals surface area (Å²) in [5.74, 6) is 0.823. The second-order valence-corrected chi connectivity index (χ2v) is 11.0. The highest BCUT2D eigenvalue weighted by molar-refractivity contribution is 7.99. The van der Waals surface area contributed by atoms with Gasteiger partial charge in [0, 0.05) is 31.3 Å². The second kappa shape index (κ2) is 10.7. The number of hydrogen-bond acceptors (Lipinski definition) is 6. The third-order valence-electron chi connectivity index (χ3n) is 4.79. The van der Waals surface area contributed by atoms with Crippen molar-refractivity contribution in [3.8, 4) is 0 Å². The van der Waals surface area contributed by atoms with E-state index < -0.39 is 10.0 Å². The molecule has 32 heavy (non-hydrogen) atoms. The minimum absolute atomic E-state index is 0.0278.